The molecule has 2 N–H and O–H groups in total. The summed E-state index contributed by atoms with van der Waals surface area (Å²) in [6.45, 7) is 0. The molecule has 0 aliphatic carbocycles. The molecule has 2 rings (SSSR count). The maximum absolute atomic E-state index is 10.3. The molecule has 1 aromatic heterocycles. The molecular formula is C11H11NO2. The van der Waals surface area contributed by atoms with Crippen LogP contribution in [0.3, 0.4) is 0 Å². The average Bonchev–Trinajstić information content (AvgIpc) is 2.59. The zero-order chi connectivity index (χ0) is 9.97. The third-order valence-electron chi connectivity index (χ3n) is 2.17. The molecule has 1 heterocycles. The lowest BCUT2D eigenvalue weighted by molar-refractivity contribution is -0.114. The number of fused-ring (bicyclic) bond motifs is 1. The summed E-state index contributed by atoms with van der Waals surface area (Å²) < 4.78 is 0. The van der Waals surface area contributed by atoms with E-state index in [2.05, 4.69) is 4.98 Å². The number of aliphatic hydroxyl groups excluding tert-OH is 1. The van der Waals surface area contributed by atoms with Gasteiger partial charge in [-0.1, -0.05) is 18.2 Å². The van der Waals surface area contributed by atoms with Crippen molar-refractivity contribution >= 4 is 17.2 Å². The Hall–Kier alpha value is -1.61. The first-order valence-electron chi connectivity index (χ1n) is 4.49. The highest BCUT2D eigenvalue weighted by atomic mass is 16.3. The van der Waals surface area contributed by atoms with Gasteiger partial charge in [0.15, 0.2) is 0 Å². The van der Waals surface area contributed by atoms with Gasteiger partial charge in [0.1, 0.15) is 12.4 Å². The highest BCUT2D eigenvalue weighted by molar-refractivity contribution is 5.80. The third kappa shape index (κ3) is 1.67. The molecule has 0 spiro atoms. The Labute approximate surface area is 81.4 Å². The molecule has 0 aliphatic rings. The lowest BCUT2D eigenvalue weighted by Crippen LogP contribution is -2.11. The summed E-state index contributed by atoms with van der Waals surface area (Å²) in [5.74, 6) is 0. The van der Waals surface area contributed by atoms with Crippen molar-refractivity contribution in [1.29, 1.82) is 0 Å². The number of nitrogens with one attached hydrogen (secondary N) is 1. The fourth-order valence-corrected chi connectivity index (χ4v) is 1.52. The van der Waals surface area contributed by atoms with Crippen LogP contribution >= 0.6 is 0 Å². The molecule has 14 heavy (non-hydrogen) atoms. The summed E-state index contributed by atoms with van der Waals surface area (Å²) in [6.07, 6.45) is -0.0213. The van der Waals surface area contributed by atoms with Gasteiger partial charge in [0.2, 0.25) is 0 Å². The van der Waals surface area contributed by atoms with Crippen molar-refractivity contribution in [2.75, 3.05) is 0 Å². The van der Waals surface area contributed by atoms with Crippen molar-refractivity contribution in [3.63, 3.8) is 0 Å². The van der Waals surface area contributed by atoms with Crippen LogP contribution in [-0.4, -0.2) is 22.5 Å². The monoisotopic (exact) mass is 189 g/mol. The molecule has 0 radical (unpaired) electrons. The minimum atomic E-state index is -0.914. The van der Waals surface area contributed by atoms with Crippen LogP contribution in [0.1, 0.15) is 5.69 Å². The molecule has 3 heteroatoms. The molecule has 3 nitrogen and oxygen atoms in total. The van der Waals surface area contributed by atoms with Crippen LogP contribution < -0.4 is 0 Å². The van der Waals surface area contributed by atoms with Gasteiger partial charge < -0.3 is 14.9 Å². The second-order valence-corrected chi connectivity index (χ2v) is 3.29. The maximum atomic E-state index is 10.3. The number of aromatic amines is 1. The van der Waals surface area contributed by atoms with E-state index in [1.807, 2.05) is 30.3 Å². The van der Waals surface area contributed by atoms with Gasteiger partial charge in [-0.05, 0) is 17.5 Å². The zero-order valence-corrected chi connectivity index (χ0v) is 7.60. The zero-order valence-electron chi connectivity index (χ0n) is 7.60. The molecule has 0 bridgehead atoms. The first-order chi connectivity index (χ1) is 6.79. The molecule has 1 unspecified atom stereocenters. The van der Waals surface area contributed by atoms with E-state index in [-0.39, 0.29) is 0 Å². The lowest BCUT2D eigenvalue weighted by atomic mass is 10.2. The number of carbonyl (C=O) groups is 1. The number of benzene rings is 1. The molecule has 0 amide bonds. The number of rotatable bonds is 3. The normalized spacial score (nSPS) is 12.9. The van der Waals surface area contributed by atoms with Crippen molar-refractivity contribution < 1.29 is 9.90 Å². The number of para-hydroxylation sites is 1. The van der Waals surface area contributed by atoms with Crippen LogP contribution in [-0.2, 0) is 11.2 Å². The van der Waals surface area contributed by atoms with Crippen molar-refractivity contribution in [3.05, 3.63) is 36.0 Å². The molecule has 0 fully saturated rings. The predicted molar refractivity (Wildman–Crippen MR) is 54.1 cm³/mol. The Bertz CT molecular complexity index is 414. The number of aldehydes is 1. The van der Waals surface area contributed by atoms with Crippen molar-refractivity contribution in [1.82, 2.24) is 4.98 Å². The van der Waals surface area contributed by atoms with Crippen LogP contribution in [0.25, 0.3) is 10.9 Å². The maximum Gasteiger partial charge on any atom is 0.148 e. The van der Waals surface area contributed by atoms with Gasteiger partial charge in [0.05, 0.1) is 0 Å². The summed E-state index contributed by atoms with van der Waals surface area (Å²) in [4.78, 5) is 13.4. The van der Waals surface area contributed by atoms with Gasteiger partial charge in [-0.15, -0.1) is 0 Å². The van der Waals surface area contributed by atoms with Gasteiger partial charge in [0, 0.05) is 17.6 Å². The molecule has 0 aliphatic heterocycles. The Morgan fingerprint density at radius 2 is 2.21 bits per heavy atom. The van der Waals surface area contributed by atoms with E-state index < -0.39 is 6.10 Å². The summed E-state index contributed by atoms with van der Waals surface area (Å²) >= 11 is 0. The number of carbonyl (C=O) groups excluding carboxylic acids is 1. The Balaban J connectivity index is 2.31. The van der Waals surface area contributed by atoms with E-state index in [1.165, 1.54) is 0 Å². The highest BCUT2D eigenvalue weighted by Gasteiger charge is 2.05. The Morgan fingerprint density at radius 1 is 1.43 bits per heavy atom. The minimum absolute atomic E-state index is 0.345. The summed E-state index contributed by atoms with van der Waals surface area (Å²) in [6, 6.07) is 9.80. The van der Waals surface area contributed by atoms with Gasteiger partial charge in [-0.25, -0.2) is 0 Å². The Morgan fingerprint density at radius 3 is 2.93 bits per heavy atom. The van der Waals surface area contributed by atoms with E-state index in [4.69, 9.17) is 5.11 Å². The van der Waals surface area contributed by atoms with Crippen LogP contribution in [0.15, 0.2) is 30.3 Å². The fraction of sp³-hybridized carbons (Fsp3) is 0.182. The SMILES string of the molecule is O=CC(O)Cc1cc2ccccc2[nH]1. The van der Waals surface area contributed by atoms with E-state index >= 15 is 0 Å². The standard InChI is InChI=1S/C11H11NO2/c13-7-10(14)6-9-5-8-3-1-2-4-11(8)12-9/h1-5,7,10,12,14H,6H2. The molecular weight excluding hydrogens is 178 g/mol. The van der Waals surface area contributed by atoms with Gasteiger partial charge in [-0.2, -0.15) is 0 Å². The molecule has 1 aromatic carbocycles. The number of hydrogen-bond donors (Lipinski definition) is 2. The first kappa shape index (κ1) is 8.97. The summed E-state index contributed by atoms with van der Waals surface area (Å²) in [5.41, 5.74) is 1.91. The third-order valence-corrected chi connectivity index (χ3v) is 2.17. The average molecular weight is 189 g/mol. The van der Waals surface area contributed by atoms with E-state index in [1.54, 1.807) is 0 Å². The highest BCUT2D eigenvalue weighted by Crippen LogP contribution is 2.15. The molecule has 0 saturated heterocycles. The summed E-state index contributed by atoms with van der Waals surface area (Å²) in [7, 11) is 0. The molecule has 72 valence electrons. The van der Waals surface area contributed by atoms with E-state index in [0.717, 1.165) is 16.6 Å². The van der Waals surface area contributed by atoms with Crippen LogP contribution in [0.4, 0.5) is 0 Å². The number of aromatic nitrogens is 1. The summed E-state index contributed by atoms with van der Waals surface area (Å²) in [5, 5.41) is 10.2. The number of H-pyrrole nitrogens is 1. The molecule has 0 saturated carbocycles. The number of hydrogen-bond acceptors (Lipinski definition) is 2. The van der Waals surface area contributed by atoms with E-state index in [9.17, 15) is 4.79 Å². The molecule has 2 aromatic rings. The Kier molecular flexibility index (Phi) is 2.33. The number of aliphatic hydroxyl groups is 1. The van der Waals surface area contributed by atoms with E-state index in [0.29, 0.717) is 12.7 Å². The largest absolute Gasteiger partial charge is 0.385 e. The van der Waals surface area contributed by atoms with Crippen LogP contribution in [0.2, 0.25) is 0 Å². The quantitative estimate of drug-likeness (QED) is 0.714. The van der Waals surface area contributed by atoms with Gasteiger partial charge in [-0.3, -0.25) is 0 Å². The predicted octanol–water partition coefficient (Wildman–Crippen LogP) is 1.27. The second kappa shape index (κ2) is 3.64. The fourth-order valence-electron chi connectivity index (χ4n) is 1.52. The van der Waals surface area contributed by atoms with Gasteiger partial charge in [0.25, 0.3) is 0 Å². The lowest BCUT2D eigenvalue weighted by Gasteiger charge is -1.98. The minimum Gasteiger partial charge on any atom is -0.385 e. The van der Waals surface area contributed by atoms with Crippen molar-refractivity contribution in [2.24, 2.45) is 0 Å². The van der Waals surface area contributed by atoms with Gasteiger partial charge >= 0.3 is 0 Å². The van der Waals surface area contributed by atoms with Crippen molar-refractivity contribution in [3.8, 4) is 0 Å². The van der Waals surface area contributed by atoms with Crippen LogP contribution in [0.5, 0.6) is 0 Å². The van der Waals surface area contributed by atoms with Crippen molar-refractivity contribution in [2.45, 2.75) is 12.5 Å². The van der Waals surface area contributed by atoms with Crippen LogP contribution in [0, 0.1) is 0 Å². The molecule has 1 atom stereocenters. The first-order valence-corrected chi connectivity index (χ1v) is 4.49. The second-order valence-electron chi connectivity index (χ2n) is 3.29. The topological polar surface area (TPSA) is 53.1 Å². The smallest absolute Gasteiger partial charge is 0.148 e.